The molecule has 0 aliphatic carbocycles. The van der Waals surface area contributed by atoms with Gasteiger partial charge in [-0.25, -0.2) is 0 Å². The molecule has 0 unspecified atom stereocenters. The van der Waals surface area contributed by atoms with Gasteiger partial charge in [0.2, 0.25) is 0 Å². The van der Waals surface area contributed by atoms with Crippen molar-refractivity contribution in [1.82, 2.24) is 20.1 Å². The first kappa shape index (κ1) is 15.0. The number of nitrogens with one attached hydrogen (secondary N) is 1. The molecular weight excluding hydrogens is 270 g/mol. The third kappa shape index (κ3) is 4.88. The quantitative estimate of drug-likeness (QED) is 0.668. The molecule has 0 atom stereocenters. The molecule has 7 heteroatoms. The van der Waals surface area contributed by atoms with Crippen molar-refractivity contribution < 1.29 is 9.53 Å². The number of ether oxygens (including phenoxy) is 1. The van der Waals surface area contributed by atoms with Gasteiger partial charge in [-0.3, -0.25) is 4.79 Å². The normalized spacial score (nSPS) is 10.5. The lowest BCUT2D eigenvalue weighted by atomic mass is 10.2. The van der Waals surface area contributed by atoms with Gasteiger partial charge in [0, 0.05) is 26.6 Å². The minimum atomic E-state index is -0.482. The zero-order chi connectivity index (χ0) is 15.1. The fourth-order valence-corrected chi connectivity index (χ4v) is 1.82. The maximum atomic E-state index is 10.6. The van der Waals surface area contributed by atoms with Crippen LogP contribution in [0.1, 0.15) is 11.4 Å². The Morgan fingerprint density at radius 2 is 2.14 bits per heavy atom. The number of carbonyl (C=O) groups is 1. The lowest BCUT2D eigenvalue weighted by Crippen LogP contribution is -2.20. The molecule has 0 radical (unpaired) electrons. The molecule has 0 aliphatic rings. The van der Waals surface area contributed by atoms with E-state index in [0.717, 1.165) is 30.9 Å². The summed E-state index contributed by atoms with van der Waals surface area (Å²) in [6.45, 7) is 1.48. The number of rotatable bonds is 8. The Bertz CT molecular complexity index is 579. The number of benzene rings is 1. The molecule has 3 N–H and O–H groups in total. The van der Waals surface area contributed by atoms with E-state index in [0.29, 0.717) is 5.75 Å². The summed E-state index contributed by atoms with van der Waals surface area (Å²) < 4.78 is 7.11. The Labute approximate surface area is 123 Å². The highest BCUT2D eigenvalue weighted by Crippen LogP contribution is 2.11. The first-order chi connectivity index (χ1) is 10.1. The monoisotopic (exact) mass is 289 g/mol. The number of hydrogen-bond acceptors (Lipinski definition) is 5. The molecule has 1 aromatic heterocycles. The van der Waals surface area contributed by atoms with Gasteiger partial charge < -0.3 is 20.4 Å². The van der Waals surface area contributed by atoms with E-state index in [4.69, 9.17) is 10.5 Å². The molecule has 0 bridgehead atoms. The number of primary amides is 1. The van der Waals surface area contributed by atoms with E-state index in [9.17, 15) is 4.79 Å². The van der Waals surface area contributed by atoms with E-state index < -0.39 is 5.91 Å². The summed E-state index contributed by atoms with van der Waals surface area (Å²) in [6.07, 6.45) is 2.52. The van der Waals surface area contributed by atoms with Crippen molar-refractivity contribution in [1.29, 1.82) is 0 Å². The number of aryl methyl sites for hydroxylation is 1. The van der Waals surface area contributed by atoms with Gasteiger partial charge in [0.1, 0.15) is 17.9 Å². The fraction of sp³-hybridized carbons (Fsp3) is 0.357. The molecule has 21 heavy (non-hydrogen) atoms. The number of nitrogens with two attached hydrogens (primary N) is 1. The number of aromatic nitrogens is 3. The molecule has 2 aromatic rings. The first-order valence-electron chi connectivity index (χ1n) is 6.69. The molecule has 1 aromatic carbocycles. The Balaban J connectivity index is 1.71. The van der Waals surface area contributed by atoms with E-state index in [-0.39, 0.29) is 6.61 Å². The molecule has 0 saturated carbocycles. The number of amides is 1. The lowest BCUT2D eigenvalue weighted by molar-refractivity contribution is -0.119. The molecule has 112 valence electrons. The molecule has 0 aliphatic heterocycles. The topological polar surface area (TPSA) is 95.1 Å². The summed E-state index contributed by atoms with van der Waals surface area (Å²) in [5.74, 6) is 1.11. The minimum Gasteiger partial charge on any atom is -0.484 e. The second kappa shape index (κ2) is 7.39. The SMILES string of the molecule is Cn1cnnc1CCNCc1ccc(OCC(N)=O)cc1. The maximum absolute atomic E-state index is 10.6. The predicted octanol–water partition coefficient (Wildman–Crippen LogP) is 0.0115. The lowest BCUT2D eigenvalue weighted by Gasteiger charge is -2.07. The van der Waals surface area contributed by atoms with Gasteiger partial charge in [-0.2, -0.15) is 0 Å². The van der Waals surface area contributed by atoms with Crippen LogP contribution in [0.5, 0.6) is 5.75 Å². The summed E-state index contributed by atoms with van der Waals surface area (Å²) in [5.41, 5.74) is 6.16. The van der Waals surface area contributed by atoms with Crippen LogP contribution in [-0.4, -0.2) is 33.8 Å². The maximum Gasteiger partial charge on any atom is 0.255 e. The average Bonchev–Trinajstić information content (AvgIpc) is 2.88. The van der Waals surface area contributed by atoms with Crippen LogP contribution in [-0.2, 0) is 24.8 Å². The van der Waals surface area contributed by atoms with Crippen molar-refractivity contribution in [3.8, 4) is 5.75 Å². The first-order valence-corrected chi connectivity index (χ1v) is 6.69. The van der Waals surface area contributed by atoms with E-state index in [1.807, 2.05) is 35.9 Å². The average molecular weight is 289 g/mol. The van der Waals surface area contributed by atoms with Crippen LogP contribution in [0.4, 0.5) is 0 Å². The zero-order valence-electron chi connectivity index (χ0n) is 12.0. The van der Waals surface area contributed by atoms with Crippen LogP contribution < -0.4 is 15.8 Å². The van der Waals surface area contributed by atoms with Crippen molar-refractivity contribution in [2.45, 2.75) is 13.0 Å². The third-order valence-corrected chi connectivity index (χ3v) is 2.96. The molecule has 2 rings (SSSR count). The van der Waals surface area contributed by atoms with Gasteiger partial charge in [-0.05, 0) is 17.7 Å². The van der Waals surface area contributed by atoms with Gasteiger partial charge in [0.05, 0.1) is 0 Å². The minimum absolute atomic E-state index is 0.102. The summed E-state index contributed by atoms with van der Waals surface area (Å²) in [4.78, 5) is 10.6. The molecule has 0 saturated heterocycles. The highest BCUT2D eigenvalue weighted by molar-refractivity contribution is 5.75. The van der Waals surface area contributed by atoms with Crippen LogP contribution >= 0.6 is 0 Å². The van der Waals surface area contributed by atoms with Gasteiger partial charge in [-0.15, -0.1) is 10.2 Å². The number of nitrogens with zero attached hydrogens (tertiary/aromatic N) is 3. The van der Waals surface area contributed by atoms with Gasteiger partial charge in [0.15, 0.2) is 6.61 Å². The van der Waals surface area contributed by atoms with Crippen LogP contribution in [0.3, 0.4) is 0 Å². The number of hydrogen-bond donors (Lipinski definition) is 2. The van der Waals surface area contributed by atoms with Crippen molar-refractivity contribution >= 4 is 5.91 Å². The molecular formula is C14H19N5O2. The third-order valence-electron chi connectivity index (χ3n) is 2.96. The van der Waals surface area contributed by atoms with Crippen molar-refractivity contribution in [3.63, 3.8) is 0 Å². The van der Waals surface area contributed by atoms with Crippen molar-refractivity contribution in [2.75, 3.05) is 13.2 Å². The van der Waals surface area contributed by atoms with E-state index >= 15 is 0 Å². The molecule has 1 amide bonds. The van der Waals surface area contributed by atoms with E-state index in [1.54, 1.807) is 6.33 Å². The Morgan fingerprint density at radius 1 is 1.38 bits per heavy atom. The second-order valence-corrected chi connectivity index (χ2v) is 4.68. The van der Waals surface area contributed by atoms with Crippen LogP contribution in [0.2, 0.25) is 0 Å². The molecule has 1 heterocycles. The molecule has 7 nitrogen and oxygen atoms in total. The zero-order valence-corrected chi connectivity index (χ0v) is 12.0. The highest BCUT2D eigenvalue weighted by atomic mass is 16.5. The van der Waals surface area contributed by atoms with Crippen molar-refractivity contribution in [2.24, 2.45) is 12.8 Å². The van der Waals surface area contributed by atoms with Crippen molar-refractivity contribution in [3.05, 3.63) is 42.0 Å². The Morgan fingerprint density at radius 3 is 2.76 bits per heavy atom. The molecule has 0 fully saturated rings. The van der Waals surface area contributed by atoms with E-state index in [2.05, 4.69) is 15.5 Å². The molecule has 0 spiro atoms. The van der Waals surface area contributed by atoms with Crippen LogP contribution in [0, 0.1) is 0 Å². The van der Waals surface area contributed by atoms with Crippen LogP contribution in [0.15, 0.2) is 30.6 Å². The predicted molar refractivity (Wildman–Crippen MR) is 77.5 cm³/mol. The van der Waals surface area contributed by atoms with Gasteiger partial charge >= 0.3 is 0 Å². The highest BCUT2D eigenvalue weighted by Gasteiger charge is 2.01. The van der Waals surface area contributed by atoms with E-state index in [1.165, 1.54) is 0 Å². The van der Waals surface area contributed by atoms with Crippen LogP contribution in [0.25, 0.3) is 0 Å². The summed E-state index contributed by atoms with van der Waals surface area (Å²) in [5, 5.41) is 11.2. The Kier molecular flexibility index (Phi) is 5.28. The Hall–Kier alpha value is -2.41. The smallest absolute Gasteiger partial charge is 0.255 e. The van der Waals surface area contributed by atoms with Gasteiger partial charge in [-0.1, -0.05) is 12.1 Å². The summed E-state index contributed by atoms with van der Waals surface area (Å²) >= 11 is 0. The fourth-order valence-electron chi connectivity index (χ4n) is 1.82. The second-order valence-electron chi connectivity index (χ2n) is 4.68. The standard InChI is InChI=1S/C14H19N5O2/c1-19-10-17-18-14(19)6-7-16-8-11-2-4-12(5-3-11)21-9-13(15)20/h2-5,10,16H,6-9H2,1H3,(H2,15,20). The summed E-state index contributed by atoms with van der Waals surface area (Å²) in [7, 11) is 1.93. The number of carbonyl (C=O) groups excluding carboxylic acids is 1. The summed E-state index contributed by atoms with van der Waals surface area (Å²) in [6, 6.07) is 7.54. The van der Waals surface area contributed by atoms with Gasteiger partial charge in [0.25, 0.3) is 5.91 Å². The largest absolute Gasteiger partial charge is 0.484 e.